The van der Waals surface area contributed by atoms with Gasteiger partial charge >= 0.3 is 0 Å². The molecule has 0 heterocycles. The summed E-state index contributed by atoms with van der Waals surface area (Å²) >= 11 is 0. The number of carbonyl (C=O) groups is 1. The standard InChI is InChI=1S/C11H15N3O4/c1-3-4-13-10-8(14(16)17)5-7(11(12)15)6-9(10)18-2/h5-6,13H,3-4H2,1-2H3,(H2,12,15). The first-order chi connectivity index (χ1) is 8.51. The topological polar surface area (TPSA) is 107 Å². The van der Waals surface area contributed by atoms with Crippen molar-refractivity contribution in [2.24, 2.45) is 5.73 Å². The minimum atomic E-state index is -0.738. The van der Waals surface area contributed by atoms with Gasteiger partial charge in [0.05, 0.1) is 12.0 Å². The Kier molecular flexibility index (Phi) is 4.47. The number of rotatable bonds is 6. The number of nitro groups is 1. The highest BCUT2D eigenvalue weighted by Crippen LogP contribution is 2.35. The molecule has 18 heavy (non-hydrogen) atoms. The zero-order valence-electron chi connectivity index (χ0n) is 10.2. The zero-order chi connectivity index (χ0) is 13.7. The Balaban J connectivity index is 3.36. The largest absolute Gasteiger partial charge is 0.494 e. The van der Waals surface area contributed by atoms with E-state index in [0.29, 0.717) is 6.54 Å². The molecule has 0 unspecified atom stereocenters. The van der Waals surface area contributed by atoms with Gasteiger partial charge in [0.15, 0.2) is 5.69 Å². The number of primary amides is 1. The molecule has 0 saturated heterocycles. The molecule has 7 nitrogen and oxygen atoms in total. The van der Waals surface area contributed by atoms with E-state index in [1.807, 2.05) is 6.92 Å². The maximum atomic E-state index is 11.1. The van der Waals surface area contributed by atoms with Gasteiger partial charge in [-0.1, -0.05) is 6.92 Å². The van der Waals surface area contributed by atoms with Gasteiger partial charge in [0.1, 0.15) is 5.75 Å². The van der Waals surface area contributed by atoms with E-state index in [0.717, 1.165) is 12.5 Å². The van der Waals surface area contributed by atoms with Crippen molar-refractivity contribution in [1.29, 1.82) is 0 Å². The van der Waals surface area contributed by atoms with Crippen LogP contribution in [-0.2, 0) is 0 Å². The Labute approximate surface area is 104 Å². The number of amides is 1. The summed E-state index contributed by atoms with van der Waals surface area (Å²) in [7, 11) is 1.38. The number of benzene rings is 1. The van der Waals surface area contributed by atoms with Gasteiger partial charge in [0.2, 0.25) is 5.91 Å². The van der Waals surface area contributed by atoms with Crippen LogP contribution in [0.25, 0.3) is 0 Å². The van der Waals surface area contributed by atoms with Crippen molar-refractivity contribution >= 4 is 17.3 Å². The van der Waals surface area contributed by atoms with Gasteiger partial charge in [0.25, 0.3) is 5.69 Å². The van der Waals surface area contributed by atoms with Crippen LogP contribution in [0.2, 0.25) is 0 Å². The molecule has 1 amide bonds. The van der Waals surface area contributed by atoms with E-state index in [4.69, 9.17) is 10.5 Å². The van der Waals surface area contributed by atoms with Crippen LogP contribution in [0.4, 0.5) is 11.4 Å². The molecular weight excluding hydrogens is 238 g/mol. The van der Waals surface area contributed by atoms with Gasteiger partial charge in [-0.2, -0.15) is 0 Å². The maximum Gasteiger partial charge on any atom is 0.296 e. The molecule has 7 heteroatoms. The van der Waals surface area contributed by atoms with Crippen LogP contribution in [-0.4, -0.2) is 24.5 Å². The van der Waals surface area contributed by atoms with E-state index < -0.39 is 10.8 Å². The van der Waals surface area contributed by atoms with E-state index in [1.165, 1.54) is 13.2 Å². The molecule has 0 atom stereocenters. The molecule has 0 bridgehead atoms. The lowest BCUT2D eigenvalue weighted by atomic mass is 10.1. The van der Waals surface area contributed by atoms with Gasteiger partial charge in [-0.05, 0) is 12.5 Å². The highest BCUT2D eigenvalue weighted by atomic mass is 16.6. The molecule has 1 aromatic rings. The lowest BCUT2D eigenvalue weighted by Crippen LogP contribution is -2.13. The van der Waals surface area contributed by atoms with Gasteiger partial charge < -0.3 is 15.8 Å². The van der Waals surface area contributed by atoms with Crippen LogP contribution in [0, 0.1) is 10.1 Å². The van der Waals surface area contributed by atoms with E-state index >= 15 is 0 Å². The number of ether oxygens (including phenoxy) is 1. The second kappa shape index (κ2) is 5.85. The van der Waals surface area contributed by atoms with Gasteiger partial charge in [0, 0.05) is 18.2 Å². The zero-order valence-corrected chi connectivity index (χ0v) is 10.2. The number of methoxy groups -OCH3 is 1. The molecule has 0 aliphatic rings. The van der Waals surface area contributed by atoms with E-state index in [-0.39, 0.29) is 22.7 Å². The first-order valence-corrected chi connectivity index (χ1v) is 5.41. The van der Waals surface area contributed by atoms with Crippen LogP contribution in [0.1, 0.15) is 23.7 Å². The van der Waals surface area contributed by atoms with Crippen molar-refractivity contribution in [3.63, 3.8) is 0 Å². The molecule has 0 radical (unpaired) electrons. The summed E-state index contributed by atoms with van der Waals surface area (Å²) in [5.41, 5.74) is 5.19. The van der Waals surface area contributed by atoms with Crippen LogP contribution < -0.4 is 15.8 Å². The van der Waals surface area contributed by atoms with Crippen LogP contribution in [0.15, 0.2) is 12.1 Å². The van der Waals surface area contributed by atoms with Crippen molar-refractivity contribution in [3.8, 4) is 5.75 Å². The van der Waals surface area contributed by atoms with Crippen LogP contribution >= 0.6 is 0 Å². The van der Waals surface area contributed by atoms with Crippen molar-refractivity contribution in [1.82, 2.24) is 0 Å². The van der Waals surface area contributed by atoms with Gasteiger partial charge in [-0.3, -0.25) is 14.9 Å². The first kappa shape index (κ1) is 13.8. The summed E-state index contributed by atoms with van der Waals surface area (Å²) in [5.74, 6) is -0.509. The summed E-state index contributed by atoms with van der Waals surface area (Å²) in [4.78, 5) is 21.5. The molecule has 0 spiro atoms. The molecule has 3 N–H and O–H groups in total. The number of nitro benzene ring substituents is 1. The number of nitrogens with two attached hydrogens (primary N) is 1. The van der Waals surface area contributed by atoms with Crippen molar-refractivity contribution in [2.75, 3.05) is 19.0 Å². The lowest BCUT2D eigenvalue weighted by molar-refractivity contribution is -0.384. The molecule has 0 aromatic heterocycles. The SMILES string of the molecule is CCCNc1c(OC)cc(C(N)=O)cc1[N+](=O)[O-]. The molecule has 1 aromatic carbocycles. The average molecular weight is 253 g/mol. The molecule has 0 aliphatic heterocycles. The smallest absolute Gasteiger partial charge is 0.296 e. The third-order valence-corrected chi connectivity index (χ3v) is 2.33. The normalized spacial score (nSPS) is 9.89. The Hall–Kier alpha value is -2.31. The highest BCUT2D eigenvalue weighted by molar-refractivity contribution is 5.95. The van der Waals surface area contributed by atoms with Gasteiger partial charge in [-0.25, -0.2) is 0 Å². The lowest BCUT2D eigenvalue weighted by Gasteiger charge is -2.11. The molecule has 0 saturated carbocycles. The quantitative estimate of drug-likeness (QED) is 0.590. The summed E-state index contributed by atoms with van der Waals surface area (Å²) in [5, 5.41) is 13.9. The number of nitrogens with one attached hydrogen (secondary N) is 1. The number of hydrogen-bond donors (Lipinski definition) is 2. The second-order valence-electron chi connectivity index (χ2n) is 3.62. The Bertz CT molecular complexity index is 474. The maximum absolute atomic E-state index is 11.1. The van der Waals surface area contributed by atoms with E-state index in [2.05, 4.69) is 5.32 Å². The summed E-state index contributed by atoms with van der Waals surface area (Å²) in [6, 6.07) is 2.52. The van der Waals surface area contributed by atoms with E-state index in [1.54, 1.807) is 0 Å². The third-order valence-electron chi connectivity index (χ3n) is 2.33. The molecule has 98 valence electrons. The Morgan fingerprint density at radius 1 is 1.56 bits per heavy atom. The highest BCUT2D eigenvalue weighted by Gasteiger charge is 2.21. The fourth-order valence-electron chi connectivity index (χ4n) is 1.48. The Morgan fingerprint density at radius 2 is 2.22 bits per heavy atom. The summed E-state index contributed by atoms with van der Waals surface area (Å²) < 4.78 is 5.05. The van der Waals surface area contributed by atoms with Crippen molar-refractivity contribution in [2.45, 2.75) is 13.3 Å². The molecule has 0 aliphatic carbocycles. The minimum Gasteiger partial charge on any atom is -0.494 e. The number of carbonyl (C=O) groups excluding carboxylic acids is 1. The summed E-state index contributed by atoms with van der Waals surface area (Å²) in [6.45, 7) is 2.50. The first-order valence-electron chi connectivity index (χ1n) is 5.41. The molecule has 1 rings (SSSR count). The van der Waals surface area contributed by atoms with Crippen molar-refractivity contribution < 1.29 is 14.5 Å². The van der Waals surface area contributed by atoms with Crippen molar-refractivity contribution in [3.05, 3.63) is 27.8 Å². The number of hydrogen-bond acceptors (Lipinski definition) is 5. The average Bonchev–Trinajstić information content (AvgIpc) is 2.34. The van der Waals surface area contributed by atoms with Gasteiger partial charge in [-0.15, -0.1) is 0 Å². The monoisotopic (exact) mass is 253 g/mol. The minimum absolute atomic E-state index is 0.0422. The Morgan fingerprint density at radius 3 is 2.67 bits per heavy atom. The second-order valence-corrected chi connectivity index (χ2v) is 3.62. The van der Waals surface area contributed by atoms with Crippen LogP contribution in [0.5, 0.6) is 5.75 Å². The number of nitrogens with zero attached hydrogens (tertiary/aromatic N) is 1. The molecule has 0 fully saturated rings. The fourth-order valence-corrected chi connectivity index (χ4v) is 1.48. The third kappa shape index (κ3) is 2.88. The fraction of sp³-hybridized carbons (Fsp3) is 0.364. The van der Waals surface area contributed by atoms with E-state index in [9.17, 15) is 14.9 Å². The predicted octanol–water partition coefficient (Wildman–Crippen LogP) is 1.52. The summed E-state index contributed by atoms with van der Waals surface area (Å²) in [6.07, 6.45) is 0.803. The molecular formula is C11H15N3O4. The predicted molar refractivity (Wildman–Crippen MR) is 66.9 cm³/mol. The number of anilines is 1. The van der Waals surface area contributed by atoms with Crippen LogP contribution in [0.3, 0.4) is 0 Å².